The fourth-order valence-electron chi connectivity index (χ4n) is 3.14. The summed E-state index contributed by atoms with van der Waals surface area (Å²) in [6.45, 7) is 7.34. The summed E-state index contributed by atoms with van der Waals surface area (Å²) < 4.78 is 1.79. The molecular formula is C20H28N6O2. The number of nitrogens with one attached hydrogen (secondary N) is 2. The van der Waals surface area contributed by atoms with E-state index in [0.717, 1.165) is 11.3 Å². The van der Waals surface area contributed by atoms with Gasteiger partial charge in [0.1, 0.15) is 0 Å². The first kappa shape index (κ1) is 19.9. The highest BCUT2D eigenvalue weighted by Gasteiger charge is 2.22. The lowest BCUT2D eigenvalue weighted by Crippen LogP contribution is -2.53. The lowest BCUT2D eigenvalue weighted by Gasteiger charge is -2.34. The van der Waals surface area contributed by atoms with E-state index >= 15 is 0 Å². The molecule has 2 aromatic rings. The van der Waals surface area contributed by atoms with E-state index in [1.54, 1.807) is 15.8 Å². The number of carbonyl (C=O) groups excluding carboxylic acids is 2. The number of nitrogens with zero attached hydrogens (tertiary/aromatic N) is 4. The number of para-hydroxylation sites is 1. The van der Waals surface area contributed by atoms with Crippen molar-refractivity contribution in [2.75, 3.05) is 32.7 Å². The molecule has 150 valence electrons. The second-order valence-electron chi connectivity index (χ2n) is 7.27. The highest BCUT2D eigenvalue weighted by molar-refractivity contribution is 5.78. The van der Waals surface area contributed by atoms with Crippen LogP contribution >= 0.6 is 0 Å². The Balaban J connectivity index is 1.42. The maximum absolute atomic E-state index is 12.4. The number of piperazine rings is 1. The molecule has 0 bridgehead atoms. The number of rotatable bonds is 6. The molecule has 0 saturated carbocycles. The molecule has 0 unspecified atom stereocenters. The van der Waals surface area contributed by atoms with Gasteiger partial charge in [0.05, 0.1) is 18.4 Å². The van der Waals surface area contributed by atoms with Crippen molar-refractivity contribution in [3.8, 4) is 5.69 Å². The number of hydrogen-bond donors (Lipinski definition) is 2. The van der Waals surface area contributed by atoms with Gasteiger partial charge in [-0.2, -0.15) is 5.10 Å². The van der Waals surface area contributed by atoms with Gasteiger partial charge in [0.15, 0.2) is 0 Å². The van der Waals surface area contributed by atoms with Gasteiger partial charge in [0.25, 0.3) is 0 Å². The Morgan fingerprint density at radius 3 is 2.50 bits per heavy atom. The third kappa shape index (κ3) is 5.56. The summed E-state index contributed by atoms with van der Waals surface area (Å²) >= 11 is 0. The Labute approximate surface area is 165 Å². The number of urea groups is 1. The Morgan fingerprint density at radius 2 is 1.82 bits per heavy atom. The first-order valence-corrected chi connectivity index (χ1v) is 9.65. The molecule has 8 nitrogen and oxygen atoms in total. The van der Waals surface area contributed by atoms with Crippen molar-refractivity contribution < 1.29 is 9.59 Å². The van der Waals surface area contributed by atoms with E-state index in [1.807, 2.05) is 50.4 Å². The van der Waals surface area contributed by atoms with Gasteiger partial charge in [-0.3, -0.25) is 9.69 Å². The quantitative estimate of drug-likeness (QED) is 0.785. The summed E-state index contributed by atoms with van der Waals surface area (Å²) in [6, 6.07) is 9.91. The van der Waals surface area contributed by atoms with Gasteiger partial charge in [-0.1, -0.05) is 18.2 Å². The molecule has 1 saturated heterocycles. The second-order valence-corrected chi connectivity index (χ2v) is 7.27. The van der Waals surface area contributed by atoms with Crippen LogP contribution in [0.25, 0.3) is 5.69 Å². The van der Waals surface area contributed by atoms with Gasteiger partial charge >= 0.3 is 6.03 Å². The molecule has 8 heteroatoms. The molecule has 0 radical (unpaired) electrons. The van der Waals surface area contributed by atoms with Crippen LogP contribution in [0.4, 0.5) is 4.79 Å². The zero-order valence-electron chi connectivity index (χ0n) is 16.5. The molecule has 1 fully saturated rings. The molecule has 1 aliphatic heterocycles. The smallest absolute Gasteiger partial charge is 0.317 e. The summed E-state index contributed by atoms with van der Waals surface area (Å²) in [4.78, 5) is 28.1. The Morgan fingerprint density at radius 1 is 1.11 bits per heavy atom. The van der Waals surface area contributed by atoms with Crippen molar-refractivity contribution in [3.05, 3.63) is 48.3 Å². The van der Waals surface area contributed by atoms with Crippen molar-refractivity contribution in [3.63, 3.8) is 0 Å². The molecule has 2 heterocycles. The Bertz CT molecular complexity index is 781. The molecule has 0 spiro atoms. The summed E-state index contributed by atoms with van der Waals surface area (Å²) in [5, 5.41) is 10.2. The van der Waals surface area contributed by atoms with Crippen LogP contribution in [-0.2, 0) is 11.3 Å². The van der Waals surface area contributed by atoms with Crippen LogP contribution in [-0.4, -0.2) is 70.3 Å². The number of carbonyl (C=O) groups is 2. The molecular weight excluding hydrogens is 356 g/mol. The standard InChI is InChI=1S/C20H28N6O2/c1-16(2)23-19(27)15-24-8-10-25(11-9-24)20(28)21-12-17-13-22-26(14-17)18-6-4-3-5-7-18/h3-7,13-14,16H,8-12,15H2,1-2H3,(H,21,28)(H,23,27). The third-order valence-electron chi connectivity index (χ3n) is 4.58. The van der Waals surface area contributed by atoms with Crippen LogP contribution in [0, 0.1) is 0 Å². The number of amides is 3. The summed E-state index contributed by atoms with van der Waals surface area (Å²) in [6.07, 6.45) is 3.68. The van der Waals surface area contributed by atoms with Crippen LogP contribution in [0.3, 0.4) is 0 Å². The maximum atomic E-state index is 12.4. The predicted molar refractivity (Wildman–Crippen MR) is 107 cm³/mol. The van der Waals surface area contributed by atoms with Crippen molar-refractivity contribution in [1.29, 1.82) is 0 Å². The third-order valence-corrected chi connectivity index (χ3v) is 4.58. The molecule has 0 atom stereocenters. The van der Waals surface area contributed by atoms with Crippen LogP contribution in [0.5, 0.6) is 0 Å². The first-order valence-electron chi connectivity index (χ1n) is 9.65. The van der Waals surface area contributed by atoms with E-state index in [0.29, 0.717) is 39.3 Å². The molecule has 1 aliphatic rings. The number of benzene rings is 1. The average molecular weight is 384 g/mol. The minimum Gasteiger partial charge on any atom is -0.353 e. The van der Waals surface area contributed by atoms with Gasteiger partial charge in [0, 0.05) is 50.5 Å². The van der Waals surface area contributed by atoms with Crippen molar-refractivity contribution in [2.45, 2.75) is 26.4 Å². The van der Waals surface area contributed by atoms with Crippen LogP contribution in [0.2, 0.25) is 0 Å². The Hall–Kier alpha value is -2.87. The largest absolute Gasteiger partial charge is 0.353 e. The van der Waals surface area contributed by atoms with Crippen LogP contribution < -0.4 is 10.6 Å². The molecule has 3 amide bonds. The Kier molecular flexibility index (Phi) is 6.65. The zero-order valence-corrected chi connectivity index (χ0v) is 16.5. The van der Waals surface area contributed by atoms with E-state index in [9.17, 15) is 9.59 Å². The second kappa shape index (κ2) is 9.36. The summed E-state index contributed by atoms with van der Waals surface area (Å²) in [5.41, 5.74) is 1.93. The van der Waals surface area contributed by atoms with Gasteiger partial charge in [-0.05, 0) is 26.0 Å². The minimum atomic E-state index is -0.0845. The SMILES string of the molecule is CC(C)NC(=O)CN1CCN(C(=O)NCc2cnn(-c3ccccc3)c2)CC1. The highest BCUT2D eigenvalue weighted by atomic mass is 16.2. The van der Waals surface area contributed by atoms with Gasteiger partial charge < -0.3 is 15.5 Å². The lowest BCUT2D eigenvalue weighted by atomic mass is 10.3. The topological polar surface area (TPSA) is 82.5 Å². The van der Waals surface area contributed by atoms with Gasteiger partial charge in [-0.15, -0.1) is 0 Å². The summed E-state index contributed by atoms with van der Waals surface area (Å²) in [7, 11) is 0. The van der Waals surface area contributed by atoms with E-state index in [4.69, 9.17) is 0 Å². The van der Waals surface area contributed by atoms with Crippen molar-refractivity contribution in [2.24, 2.45) is 0 Å². The molecule has 1 aromatic heterocycles. The molecule has 2 N–H and O–H groups in total. The van der Waals surface area contributed by atoms with E-state index in [2.05, 4.69) is 20.6 Å². The van der Waals surface area contributed by atoms with Crippen LogP contribution in [0.15, 0.2) is 42.7 Å². The van der Waals surface area contributed by atoms with Gasteiger partial charge in [0.2, 0.25) is 5.91 Å². The van der Waals surface area contributed by atoms with Crippen LogP contribution in [0.1, 0.15) is 19.4 Å². The monoisotopic (exact) mass is 384 g/mol. The first-order chi connectivity index (χ1) is 13.5. The number of aromatic nitrogens is 2. The molecule has 0 aliphatic carbocycles. The predicted octanol–water partition coefficient (Wildman–Crippen LogP) is 1.22. The molecule has 3 rings (SSSR count). The average Bonchev–Trinajstić information content (AvgIpc) is 3.16. The summed E-state index contributed by atoms with van der Waals surface area (Å²) in [5.74, 6) is 0.0309. The lowest BCUT2D eigenvalue weighted by molar-refractivity contribution is -0.123. The van der Waals surface area contributed by atoms with Crippen molar-refractivity contribution in [1.82, 2.24) is 30.2 Å². The van der Waals surface area contributed by atoms with Gasteiger partial charge in [-0.25, -0.2) is 9.48 Å². The fourth-order valence-corrected chi connectivity index (χ4v) is 3.14. The molecule has 1 aromatic carbocycles. The fraction of sp³-hybridized carbons (Fsp3) is 0.450. The normalized spacial score (nSPS) is 14.9. The zero-order chi connectivity index (χ0) is 19.9. The molecule has 28 heavy (non-hydrogen) atoms. The maximum Gasteiger partial charge on any atom is 0.317 e. The van der Waals surface area contributed by atoms with E-state index in [-0.39, 0.29) is 18.0 Å². The van der Waals surface area contributed by atoms with E-state index in [1.165, 1.54) is 0 Å². The van der Waals surface area contributed by atoms with Crippen molar-refractivity contribution >= 4 is 11.9 Å². The number of hydrogen-bond acceptors (Lipinski definition) is 4. The minimum absolute atomic E-state index is 0.0309. The highest BCUT2D eigenvalue weighted by Crippen LogP contribution is 2.08. The van der Waals surface area contributed by atoms with E-state index < -0.39 is 0 Å².